The monoisotopic (exact) mass is 387 g/mol. The van der Waals surface area contributed by atoms with Gasteiger partial charge in [-0.2, -0.15) is 0 Å². The van der Waals surface area contributed by atoms with E-state index in [-0.39, 0.29) is 12.1 Å². The number of Topliss-reactive ketones (excluding diaryl/α,β-unsaturated/α-hetero) is 1. The van der Waals surface area contributed by atoms with Crippen molar-refractivity contribution in [2.24, 2.45) is 0 Å². The molecule has 0 aliphatic rings. The molecule has 2 rings (SSSR count). The van der Waals surface area contributed by atoms with Crippen molar-refractivity contribution in [2.45, 2.75) is 39.7 Å². The largest absolute Gasteiger partial charge is 0.496 e. The second kappa shape index (κ2) is 9.21. The van der Waals surface area contributed by atoms with Gasteiger partial charge in [0.05, 0.1) is 25.5 Å². The summed E-state index contributed by atoms with van der Waals surface area (Å²) in [6, 6.07) is 7.41. The maximum atomic E-state index is 12.7. The lowest BCUT2D eigenvalue weighted by atomic mass is 10.1. The molecule has 2 aromatic rings. The third kappa shape index (κ3) is 4.60. The summed E-state index contributed by atoms with van der Waals surface area (Å²) in [5.74, 6) is -0.707. The van der Waals surface area contributed by atoms with Gasteiger partial charge in [-0.25, -0.2) is 4.79 Å². The number of aromatic nitrogens is 1. The Hall–Kier alpha value is -3.09. The minimum atomic E-state index is -0.979. The van der Waals surface area contributed by atoms with Gasteiger partial charge >= 0.3 is 11.9 Å². The van der Waals surface area contributed by atoms with Gasteiger partial charge in [-0.3, -0.25) is 9.59 Å². The van der Waals surface area contributed by atoms with E-state index >= 15 is 0 Å². The second-order valence-corrected chi connectivity index (χ2v) is 6.42. The molecule has 1 N–H and O–H groups in total. The van der Waals surface area contributed by atoms with Gasteiger partial charge in [0.25, 0.3) is 0 Å². The van der Waals surface area contributed by atoms with Crippen molar-refractivity contribution < 1.29 is 28.6 Å². The van der Waals surface area contributed by atoms with Crippen LogP contribution in [0.2, 0.25) is 0 Å². The summed E-state index contributed by atoms with van der Waals surface area (Å²) >= 11 is 0. The van der Waals surface area contributed by atoms with Gasteiger partial charge in [0, 0.05) is 12.1 Å². The number of hydrogen-bond donors (Lipinski definition) is 1. The van der Waals surface area contributed by atoms with E-state index in [0.717, 1.165) is 5.56 Å². The van der Waals surface area contributed by atoms with Crippen molar-refractivity contribution >= 4 is 17.7 Å². The molecule has 150 valence electrons. The van der Waals surface area contributed by atoms with Gasteiger partial charge in [0.1, 0.15) is 5.75 Å². The predicted octanol–water partition coefficient (Wildman–Crippen LogP) is 3.17. The highest BCUT2D eigenvalue weighted by Crippen LogP contribution is 2.22. The van der Waals surface area contributed by atoms with Gasteiger partial charge < -0.3 is 19.2 Å². The fourth-order valence-electron chi connectivity index (χ4n) is 3.06. The van der Waals surface area contributed by atoms with Gasteiger partial charge in [-0.05, 0) is 44.4 Å². The van der Waals surface area contributed by atoms with E-state index in [2.05, 4.69) is 4.98 Å². The number of ether oxygens (including phenoxy) is 3. The molecule has 0 saturated carbocycles. The van der Waals surface area contributed by atoms with E-state index in [0.29, 0.717) is 29.0 Å². The Balaban J connectivity index is 2.02. The smallest absolute Gasteiger partial charge is 0.339 e. The van der Waals surface area contributed by atoms with Crippen LogP contribution in [0.3, 0.4) is 0 Å². The lowest BCUT2D eigenvalue weighted by Crippen LogP contribution is -2.25. The Morgan fingerprint density at radius 2 is 1.79 bits per heavy atom. The van der Waals surface area contributed by atoms with Gasteiger partial charge in [0.15, 0.2) is 6.10 Å². The molecule has 0 radical (unpaired) electrons. The molecule has 7 heteroatoms. The Kier molecular flexibility index (Phi) is 6.98. The van der Waals surface area contributed by atoms with Crippen molar-refractivity contribution in [3.05, 3.63) is 52.3 Å². The summed E-state index contributed by atoms with van der Waals surface area (Å²) < 4.78 is 15.3. The number of carbonyl (C=O) groups excluding carboxylic acids is 3. The van der Waals surface area contributed by atoms with Gasteiger partial charge in [-0.15, -0.1) is 0 Å². The van der Waals surface area contributed by atoms with Gasteiger partial charge in [0.2, 0.25) is 5.78 Å². The third-order valence-corrected chi connectivity index (χ3v) is 4.54. The van der Waals surface area contributed by atoms with E-state index in [1.54, 1.807) is 21.0 Å². The number of ketones is 1. The normalized spacial score (nSPS) is 11.6. The number of rotatable bonds is 8. The number of para-hydroxylation sites is 1. The summed E-state index contributed by atoms with van der Waals surface area (Å²) in [5.41, 5.74) is 2.46. The number of benzene rings is 1. The van der Waals surface area contributed by atoms with Crippen LogP contribution in [0.15, 0.2) is 24.3 Å². The zero-order valence-electron chi connectivity index (χ0n) is 16.8. The molecule has 28 heavy (non-hydrogen) atoms. The molecule has 0 aliphatic carbocycles. The fourth-order valence-corrected chi connectivity index (χ4v) is 3.06. The average Bonchev–Trinajstić information content (AvgIpc) is 2.99. The van der Waals surface area contributed by atoms with E-state index in [4.69, 9.17) is 14.2 Å². The van der Waals surface area contributed by atoms with Crippen molar-refractivity contribution in [1.82, 2.24) is 4.98 Å². The Morgan fingerprint density at radius 3 is 2.43 bits per heavy atom. The summed E-state index contributed by atoms with van der Waals surface area (Å²) in [4.78, 5) is 39.6. The first-order valence-corrected chi connectivity index (χ1v) is 8.93. The van der Waals surface area contributed by atoms with E-state index < -0.39 is 23.8 Å². The van der Waals surface area contributed by atoms with Crippen LogP contribution in [0.25, 0.3) is 0 Å². The number of methoxy groups -OCH3 is 2. The average molecular weight is 387 g/mol. The SMILES string of the molecule is COC(=O)c1c(C)[nH]c(C(=O)[C@H](C)OC(=O)CCc2ccccc2OC)c1C. The number of aromatic amines is 1. The first-order valence-electron chi connectivity index (χ1n) is 8.93. The molecule has 7 nitrogen and oxygen atoms in total. The summed E-state index contributed by atoms with van der Waals surface area (Å²) in [7, 11) is 2.85. The van der Waals surface area contributed by atoms with Crippen LogP contribution in [0.1, 0.15) is 51.0 Å². The van der Waals surface area contributed by atoms with E-state index in [9.17, 15) is 14.4 Å². The molecule has 1 aromatic carbocycles. The summed E-state index contributed by atoms with van der Waals surface area (Å²) in [5, 5.41) is 0. The number of esters is 2. The van der Waals surface area contributed by atoms with Crippen LogP contribution in [-0.4, -0.2) is 43.0 Å². The molecule has 0 bridgehead atoms. The zero-order valence-corrected chi connectivity index (χ0v) is 16.8. The van der Waals surface area contributed by atoms with Crippen LogP contribution in [0.4, 0.5) is 0 Å². The first kappa shape index (κ1) is 21.2. The number of carbonyl (C=O) groups is 3. The minimum Gasteiger partial charge on any atom is -0.496 e. The maximum absolute atomic E-state index is 12.7. The zero-order chi connectivity index (χ0) is 20.8. The summed E-state index contributed by atoms with van der Waals surface area (Å²) in [6.07, 6.45) is -0.419. The molecule has 1 aromatic heterocycles. The molecule has 0 amide bonds. The van der Waals surface area contributed by atoms with Crippen molar-refractivity contribution in [3.63, 3.8) is 0 Å². The van der Waals surface area contributed by atoms with E-state index in [1.807, 2.05) is 24.3 Å². The van der Waals surface area contributed by atoms with Crippen molar-refractivity contribution in [2.75, 3.05) is 14.2 Å². The highest BCUT2D eigenvalue weighted by molar-refractivity contribution is 6.03. The number of aryl methyl sites for hydroxylation is 2. The standard InChI is InChI=1S/C21H25NO6/c1-12-18(21(25)27-5)13(2)22-19(12)20(24)14(3)28-17(23)11-10-15-8-6-7-9-16(15)26-4/h6-9,14,22H,10-11H2,1-5H3/t14-/m0/s1. The lowest BCUT2D eigenvalue weighted by molar-refractivity contribution is -0.146. The molecular formula is C21H25NO6. The van der Waals surface area contributed by atoms with E-state index in [1.165, 1.54) is 14.0 Å². The highest BCUT2D eigenvalue weighted by atomic mass is 16.5. The number of hydrogen-bond acceptors (Lipinski definition) is 6. The molecule has 1 atom stereocenters. The molecular weight excluding hydrogens is 362 g/mol. The maximum Gasteiger partial charge on any atom is 0.339 e. The highest BCUT2D eigenvalue weighted by Gasteiger charge is 2.27. The van der Waals surface area contributed by atoms with Crippen LogP contribution >= 0.6 is 0 Å². The minimum absolute atomic E-state index is 0.119. The Bertz CT molecular complexity index is 883. The summed E-state index contributed by atoms with van der Waals surface area (Å²) in [6.45, 7) is 4.84. The first-order chi connectivity index (χ1) is 13.3. The topological polar surface area (TPSA) is 94.7 Å². The second-order valence-electron chi connectivity index (χ2n) is 6.42. The Morgan fingerprint density at radius 1 is 1.11 bits per heavy atom. The van der Waals surface area contributed by atoms with Crippen molar-refractivity contribution in [1.29, 1.82) is 0 Å². The fraction of sp³-hybridized carbons (Fsp3) is 0.381. The quantitative estimate of drug-likeness (QED) is 0.552. The number of H-pyrrole nitrogens is 1. The third-order valence-electron chi connectivity index (χ3n) is 4.54. The molecule has 0 saturated heterocycles. The van der Waals surface area contributed by atoms with Crippen LogP contribution < -0.4 is 4.74 Å². The van der Waals surface area contributed by atoms with Crippen LogP contribution in [0.5, 0.6) is 5.75 Å². The molecule has 0 fully saturated rings. The van der Waals surface area contributed by atoms with Gasteiger partial charge in [-0.1, -0.05) is 18.2 Å². The Labute approximate surface area is 164 Å². The predicted molar refractivity (Wildman–Crippen MR) is 103 cm³/mol. The number of nitrogens with one attached hydrogen (secondary N) is 1. The molecule has 0 aliphatic heterocycles. The molecule has 1 heterocycles. The molecule has 0 unspecified atom stereocenters. The van der Waals surface area contributed by atoms with Crippen LogP contribution in [0, 0.1) is 13.8 Å². The molecule has 0 spiro atoms. The lowest BCUT2D eigenvalue weighted by Gasteiger charge is -2.13. The van der Waals surface area contributed by atoms with Crippen molar-refractivity contribution in [3.8, 4) is 5.75 Å². The van der Waals surface area contributed by atoms with Crippen LogP contribution in [-0.2, 0) is 20.7 Å².